The molecule has 1 atom stereocenters. The first-order valence-corrected chi connectivity index (χ1v) is 7.11. The fourth-order valence-corrected chi connectivity index (χ4v) is 1.87. The van der Waals surface area contributed by atoms with Crippen LogP contribution in [-0.2, 0) is 4.79 Å². The molecule has 6 heteroatoms. The lowest BCUT2D eigenvalue weighted by Crippen LogP contribution is -2.34. The van der Waals surface area contributed by atoms with Crippen LogP contribution in [0, 0.1) is 5.41 Å². The Morgan fingerprint density at radius 3 is 2.81 bits per heavy atom. The number of aliphatic carboxylic acids is 1. The number of rotatable bonds is 7. The predicted molar refractivity (Wildman–Crippen MR) is 76.3 cm³/mol. The molecular weight excluding hydrogens is 272 g/mol. The molecular formula is C15H20N2O4. The maximum absolute atomic E-state index is 12.1. The largest absolute Gasteiger partial charge is 0.481 e. The van der Waals surface area contributed by atoms with Gasteiger partial charge in [0.25, 0.3) is 5.91 Å². The molecule has 114 valence electrons. The third-order valence-electron chi connectivity index (χ3n) is 3.79. The zero-order chi connectivity index (χ0) is 15.5. The Kier molecular flexibility index (Phi) is 4.45. The van der Waals surface area contributed by atoms with Crippen molar-refractivity contribution in [2.24, 2.45) is 5.41 Å². The summed E-state index contributed by atoms with van der Waals surface area (Å²) in [7, 11) is 0. The highest BCUT2D eigenvalue weighted by atomic mass is 16.5. The quantitative estimate of drug-likeness (QED) is 0.800. The monoisotopic (exact) mass is 292 g/mol. The number of carboxylic acid groups (broad SMARTS) is 1. The Morgan fingerprint density at radius 2 is 2.24 bits per heavy atom. The molecule has 0 radical (unpaired) electrons. The van der Waals surface area contributed by atoms with E-state index in [1.807, 2.05) is 13.8 Å². The average Bonchev–Trinajstić information content (AvgIpc) is 3.26. The molecule has 21 heavy (non-hydrogen) atoms. The van der Waals surface area contributed by atoms with Crippen LogP contribution < -0.4 is 10.1 Å². The molecule has 1 unspecified atom stereocenters. The molecule has 1 saturated carbocycles. The van der Waals surface area contributed by atoms with Gasteiger partial charge in [-0.05, 0) is 32.3 Å². The second-order valence-electron chi connectivity index (χ2n) is 5.49. The lowest BCUT2D eigenvalue weighted by molar-refractivity contribution is -0.143. The number of carbonyl (C=O) groups excluding carboxylic acids is 1. The number of carboxylic acids is 1. The van der Waals surface area contributed by atoms with Gasteiger partial charge in [-0.25, -0.2) is 4.98 Å². The molecule has 6 nitrogen and oxygen atoms in total. The Morgan fingerprint density at radius 1 is 1.52 bits per heavy atom. The minimum atomic E-state index is -0.849. The van der Waals surface area contributed by atoms with Crippen molar-refractivity contribution in [2.45, 2.75) is 39.2 Å². The molecule has 2 rings (SSSR count). The molecule has 1 fully saturated rings. The first-order valence-electron chi connectivity index (χ1n) is 7.11. The Hall–Kier alpha value is -2.11. The van der Waals surface area contributed by atoms with Gasteiger partial charge in [0.1, 0.15) is 0 Å². The first kappa shape index (κ1) is 15.3. The van der Waals surface area contributed by atoms with Gasteiger partial charge in [-0.2, -0.15) is 0 Å². The summed E-state index contributed by atoms with van der Waals surface area (Å²) < 4.78 is 5.57. The summed E-state index contributed by atoms with van der Waals surface area (Å²) in [6.07, 6.45) is 3.61. The fourth-order valence-electron chi connectivity index (χ4n) is 1.87. The zero-order valence-electron chi connectivity index (χ0n) is 12.3. The third kappa shape index (κ3) is 3.71. The van der Waals surface area contributed by atoms with Crippen LogP contribution in [0.25, 0.3) is 0 Å². The summed E-state index contributed by atoms with van der Waals surface area (Å²) in [5, 5.41) is 11.8. The van der Waals surface area contributed by atoms with E-state index in [0.717, 1.165) is 6.42 Å². The number of amides is 1. The van der Waals surface area contributed by atoms with Crippen LogP contribution in [0.2, 0.25) is 0 Å². The minimum absolute atomic E-state index is 0.0255. The van der Waals surface area contributed by atoms with E-state index >= 15 is 0 Å². The summed E-state index contributed by atoms with van der Waals surface area (Å²) in [5.41, 5.74) is -0.344. The number of pyridine rings is 1. The van der Waals surface area contributed by atoms with Crippen molar-refractivity contribution in [2.75, 3.05) is 6.54 Å². The van der Waals surface area contributed by atoms with Crippen LogP contribution in [0.4, 0.5) is 0 Å². The number of hydrogen-bond donors (Lipinski definition) is 2. The SMILES string of the molecule is CCC(C)Oc1cc(C(=O)NCC2(C(=O)O)CC2)ccn1. The summed E-state index contributed by atoms with van der Waals surface area (Å²) >= 11 is 0. The zero-order valence-corrected chi connectivity index (χ0v) is 12.3. The number of ether oxygens (including phenoxy) is 1. The van der Waals surface area contributed by atoms with Gasteiger partial charge in [-0.3, -0.25) is 9.59 Å². The van der Waals surface area contributed by atoms with Crippen molar-refractivity contribution in [3.63, 3.8) is 0 Å². The smallest absolute Gasteiger partial charge is 0.311 e. The minimum Gasteiger partial charge on any atom is -0.481 e. The summed E-state index contributed by atoms with van der Waals surface area (Å²) in [6.45, 7) is 4.09. The number of aromatic nitrogens is 1. The summed E-state index contributed by atoms with van der Waals surface area (Å²) in [5.74, 6) is -0.756. The Bertz CT molecular complexity index is 540. The molecule has 1 amide bonds. The maximum Gasteiger partial charge on any atom is 0.311 e. The van der Waals surface area contributed by atoms with E-state index in [4.69, 9.17) is 9.84 Å². The highest BCUT2D eigenvalue weighted by molar-refractivity contribution is 5.94. The van der Waals surface area contributed by atoms with Crippen LogP contribution >= 0.6 is 0 Å². The fraction of sp³-hybridized carbons (Fsp3) is 0.533. The molecule has 0 spiro atoms. The van der Waals surface area contributed by atoms with E-state index in [2.05, 4.69) is 10.3 Å². The van der Waals surface area contributed by atoms with Crippen LogP contribution in [0.15, 0.2) is 18.3 Å². The Labute approximate surface area is 123 Å². The molecule has 0 aromatic carbocycles. The Balaban J connectivity index is 1.96. The molecule has 1 aliphatic carbocycles. The van der Waals surface area contributed by atoms with Crippen molar-refractivity contribution < 1.29 is 19.4 Å². The second-order valence-corrected chi connectivity index (χ2v) is 5.49. The van der Waals surface area contributed by atoms with Crippen LogP contribution in [-0.4, -0.2) is 34.6 Å². The number of nitrogens with zero attached hydrogens (tertiary/aromatic N) is 1. The van der Waals surface area contributed by atoms with Crippen molar-refractivity contribution in [1.82, 2.24) is 10.3 Å². The van der Waals surface area contributed by atoms with Crippen molar-refractivity contribution >= 4 is 11.9 Å². The molecule has 0 aliphatic heterocycles. The van der Waals surface area contributed by atoms with E-state index in [-0.39, 0.29) is 18.6 Å². The number of hydrogen-bond acceptors (Lipinski definition) is 4. The molecule has 1 aliphatic rings. The van der Waals surface area contributed by atoms with E-state index in [0.29, 0.717) is 24.3 Å². The molecule has 0 saturated heterocycles. The van der Waals surface area contributed by atoms with Crippen LogP contribution in [0.3, 0.4) is 0 Å². The van der Waals surface area contributed by atoms with Crippen molar-refractivity contribution in [1.29, 1.82) is 0 Å². The van der Waals surface area contributed by atoms with E-state index in [9.17, 15) is 9.59 Å². The molecule has 2 N–H and O–H groups in total. The van der Waals surface area contributed by atoms with Gasteiger partial charge in [0, 0.05) is 24.4 Å². The van der Waals surface area contributed by atoms with E-state index < -0.39 is 11.4 Å². The molecule has 1 aromatic rings. The summed E-state index contributed by atoms with van der Waals surface area (Å²) in [6, 6.07) is 3.15. The highest BCUT2D eigenvalue weighted by Gasteiger charge is 2.50. The first-order chi connectivity index (χ1) is 9.97. The van der Waals surface area contributed by atoms with Gasteiger partial charge < -0.3 is 15.2 Å². The van der Waals surface area contributed by atoms with E-state index in [1.54, 1.807) is 12.1 Å². The lowest BCUT2D eigenvalue weighted by atomic mass is 10.1. The molecule has 1 heterocycles. The predicted octanol–water partition coefficient (Wildman–Crippen LogP) is 1.85. The number of carbonyl (C=O) groups is 2. The van der Waals surface area contributed by atoms with Gasteiger partial charge in [0.15, 0.2) is 0 Å². The topological polar surface area (TPSA) is 88.5 Å². The van der Waals surface area contributed by atoms with E-state index in [1.165, 1.54) is 6.20 Å². The second kappa shape index (κ2) is 6.11. The highest BCUT2D eigenvalue weighted by Crippen LogP contribution is 2.45. The normalized spacial score (nSPS) is 16.9. The molecule has 0 bridgehead atoms. The van der Waals surface area contributed by atoms with Crippen LogP contribution in [0.5, 0.6) is 5.88 Å². The lowest BCUT2D eigenvalue weighted by Gasteiger charge is -2.13. The van der Waals surface area contributed by atoms with Gasteiger partial charge in [-0.15, -0.1) is 0 Å². The standard InChI is InChI=1S/C15H20N2O4/c1-3-10(2)21-12-8-11(4-7-16-12)13(18)17-9-15(5-6-15)14(19)20/h4,7-8,10H,3,5-6,9H2,1-2H3,(H,17,18)(H,19,20). The van der Waals surface area contributed by atoms with Crippen molar-refractivity contribution in [3.8, 4) is 5.88 Å². The number of nitrogens with one attached hydrogen (secondary N) is 1. The summed E-state index contributed by atoms with van der Waals surface area (Å²) in [4.78, 5) is 27.2. The third-order valence-corrected chi connectivity index (χ3v) is 3.79. The van der Waals surface area contributed by atoms with Gasteiger partial charge in [-0.1, -0.05) is 6.92 Å². The van der Waals surface area contributed by atoms with Gasteiger partial charge >= 0.3 is 5.97 Å². The maximum atomic E-state index is 12.1. The van der Waals surface area contributed by atoms with Gasteiger partial charge in [0.05, 0.1) is 11.5 Å². The van der Waals surface area contributed by atoms with Gasteiger partial charge in [0.2, 0.25) is 5.88 Å². The average molecular weight is 292 g/mol. The van der Waals surface area contributed by atoms with Crippen LogP contribution in [0.1, 0.15) is 43.5 Å². The van der Waals surface area contributed by atoms with Crippen molar-refractivity contribution in [3.05, 3.63) is 23.9 Å². The molecule has 1 aromatic heterocycles.